The summed E-state index contributed by atoms with van der Waals surface area (Å²) in [6.07, 6.45) is 0.181. The van der Waals surface area contributed by atoms with E-state index in [1.807, 2.05) is 25.9 Å². The molecule has 0 fully saturated rings. The van der Waals surface area contributed by atoms with Gasteiger partial charge in [-0.25, -0.2) is 0 Å². The van der Waals surface area contributed by atoms with Crippen molar-refractivity contribution in [3.8, 4) is 5.75 Å². The molecule has 1 aliphatic rings. The lowest BCUT2D eigenvalue weighted by Gasteiger charge is -2.20. The average molecular weight is 351 g/mol. The molecule has 0 N–H and O–H groups in total. The van der Waals surface area contributed by atoms with Gasteiger partial charge in [0.15, 0.2) is 0 Å². The molecule has 1 atom stereocenters. The van der Waals surface area contributed by atoms with Crippen LogP contribution in [-0.2, 0) is 4.84 Å². The molecule has 0 spiro atoms. The third kappa shape index (κ3) is 4.24. The van der Waals surface area contributed by atoms with Gasteiger partial charge in [-0.15, -0.1) is 10.1 Å². The minimum absolute atomic E-state index is 0.0493. The van der Waals surface area contributed by atoms with Crippen molar-refractivity contribution >= 4 is 11.8 Å². The van der Waals surface area contributed by atoms with Crippen LogP contribution >= 0.6 is 0 Å². The monoisotopic (exact) mass is 351 g/mol. The van der Waals surface area contributed by atoms with E-state index in [1.165, 1.54) is 0 Å². The zero-order valence-electron chi connectivity index (χ0n) is 14.4. The first-order valence-electron chi connectivity index (χ1n) is 7.88. The molecule has 0 saturated carbocycles. The molecule has 9 nitrogen and oxygen atoms in total. The van der Waals surface area contributed by atoms with Crippen LogP contribution in [0.4, 0.5) is 0 Å². The number of likely N-dealkylation sites (N-methyl/N-ethyl adjacent to an activating group) is 1. The fourth-order valence-corrected chi connectivity index (χ4v) is 2.35. The fraction of sp³-hybridized carbons (Fsp3) is 0.500. The summed E-state index contributed by atoms with van der Waals surface area (Å²) >= 11 is 0. The van der Waals surface area contributed by atoms with Crippen LogP contribution in [0.3, 0.4) is 0 Å². The number of amides is 2. The number of nitrogens with zero attached hydrogens (tertiary/aromatic N) is 3. The highest BCUT2D eigenvalue weighted by molar-refractivity contribution is 6.22. The van der Waals surface area contributed by atoms with Gasteiger partial charge in [0.1, 0.15) is 12.4 Å². The van der Waals surface area contributed by atoms with Crippen LogP contribution in [0.15, 0.2) is 18.2 Å². The van der Waals surface area contributed by atoms with Gasteiger partial charge >= 0.3 is 0 Å². The Balaban J connectivity index is 2.08. The zero-order valence-corrected chi connectivity index (χ0v) is 14.4. The van der Waals surface area contributed by atoms with Crippen molar-refractivity contribution in [2.45, 2.75) is 19.4 Å². The Labute approximate surface area is 145 Å². The smallest absolute Gasteiger partial charge is 0.294 e. The van der Waals surface area contributed by atoms with Crippen molar-refractivity contribution < 1.29 is 24.3 Å². The molecule has 1 heterocycles. The van der Waals surface area contributed by atoms with Crippen LogP contribution in [0.1, 0.15) is 34.1 Å². The maximum Gasteiger partial charge on any atom is 0.294 e. The predicted molar refractivity (Wildman–Crippen MR) is 88.0 cm³/mol. The molecular formula is C16H21N3O6. The topological polar surface area (TPSA) is 102 Å². The molecule has 0 aromatic heterocycles. The minimum atomic E-state index is -0.903. The van der Waals surface area contributed by atoms with Gasteiger partial charge < -0.3 is 14.5 Å². The number of ether oxygens (including phenoxy) is 1. The average Bonchev–Trinajstić information content (AvgIpc) is 2.81. The Morgan fingerprint density at radius 2 is 2.00 bits per heavy atom. The van der Waals surface area contributed by atoms with Crippen molar-refractivity contribution in [2.75, 3.05) is 33.9 Å². The second-order valence-corrected chi connectivity index (χ2v) is 5.97. The van der Waals surface area contributed by atoms with Gasteiger partial charge in [-0.1, -0.05) is 6.07 Å². The molecule has 9 heteroatoms. The van der Waals surface area contributed by atoms with E-state index in [1.54, 1.807) is 18.2 Å². The SMILES string of the molecule is CC(COc1cccc2c1C(=O)N(CCCO[N+](=O)[O-])C2=O)N(C)C. The number of fused-ring (bicyclic) bond motifs is 1. The van der Waals surface area contributed by atoms with Crippen LogP contribution < -0.4 is 4.74 Å². The maximum absolute atomic E-state index is 12.6. The van der Waals surface area contributed by atoms with Crippen LogP contribution in [-0.4, -0.2) is 66.6 Å². The van der Waals surface area contributed by atoms with Crippen LogP contribution in [0.25, 0.3) is 0 Å². The largest absolute Gasteiger partial charge is 0.491 e. The molecule has 1 unspecified atom stereocenters. The second kappa shape index (κ2) is 7.93. The van der Waals surface area contributed by atoms with E-state index in [9.17, 15) is 19.7 Å². The second-order valence-electron chi connectivity index (χ2n) is 5.97. The summed E-state index contributed by atoms with van der Waals surface area (Å²) in [6.45, 7) is 2.23. The van der Waals surface area contributed by atoms with Crippen molar-refractivity contribution in [2.24, 2.45) is 0 Å². The third-order valence-electron chi connectivity index (χ3n) is 4.05. The number of carbonyl (C=O) groups is 2. The molecule has 0 radical (unpaired) electrons. The number of benzene rings is 1. The van der Waals surface area contributed by atoms with E-state index in [0.29, 0.717) is 12.4 Å². The molecular weight excluding hydrogens is 330 g/mol. The molecule has 0 saturated heterocycles. The van der Waals surface area contributed by atoms with E-state index < -0.39 is 16.9 Å². The Morgan fingerprint density at radius 3 is 2.64 bits per heavy atom. The molecule has 1 aliphatic heterocycles. The van der Waals surface area contributed by atoms with Crippen molar-refractivity contribution in [3.05, 3.63) is 39.4 Å². The first-order chi connectivity index (χ1) is 11.8. The van der Waals surface area contributed by atoms with Gasteiger partial charge in [0.05, 0.1) is 17.7 Å². The summed E-state index contributed by atoms with van der Waals surface area (Å²) in [5, 5.41) is 9.24. The molecule has 2 amide bonds. The molecule has 136 valence electrons. The summed E-state index contributed by atoms with van der Waals surface area (Å²) in [7, 11) is 3.85. The first kappa shape index (κ1) is 18.7. The van der Waals surface area contributed by atoms with Crippen LogP contribution in [0.2, 0.25) is 0 Å². The first-order valence-corrected chi connectivity index (χ1v) is 7.88. The number of hydrogen-bond acceptors (Lipinski definition) is 7. The van der Waals surface area contributed by atoms with E-state index in [4.69, 9.17) is 4.74 Å². The Kier molecular flexibility index (Phi) is 5.92. The van der Waals surface area contributed by atoms with Crippen molar-refractivity contribution in [1.29, 1.82) is 0 Å². The maximum atomic E-state index is 12.6. The lowest BCUT2D eigenvalue weighted by Crippen LogP contribution is -2.32. The molecule has 1 aromatic carbocycles. The molecule has 2 rings (SSSR count). The lowest BCUT2D eigenvalue weighted by molar-refractivity contribution is -0.757. The van der Waals surface area contributed by atoms with Crippen molar-refractivity contribution in [3.63, 3.8) is 0 Å². The Bertz CT molecular complexity index is 676. The van der Waals surface area contributed by atoms with Gasteiger partial charge in [0.25, 0.3) is 16.9 Å². The number of carbonyl (C=O) groups excluding carboxylic acids is 2. The summed E-state index contributed by atoms with van der Waals surface area (Å²) < 4.78 is 5.74. The van der Waals surface area contributed by atoms with Gasteiger partial charge in [0.2, 0.25) is 0 Å². The van der Waals surface area contributed by atoms with E-state index >= 15 is 0 Å². The molecule has 1 aromatic rings. The highest BCUT2D eigenvalue weighted by Gasteiger charge is 2.37. The quantitative estimate of drug-likeness (QED) is 0.285. The summed E-state index contributed by atoms with van der Waals surface area (Å²) in [5.41, 5.74) is 0.531. The van der Waals surface area contributed by atoms with Crippen LogP contribution in [0.5, 0.6) is 5.75 Å². The standard InChI is InChI=1S/C16H21N3O6/c1-11(17(2)3)10-24-13-7-4-6-12-14(13)16(21)18(15(12)20)8-5-9-25-19(22)23/h4,6-7,11H,5,8-10H2,1-3H3. The van der Waals surface area contributed by atoms with E-state index in [-0.39, 0.29) is 36.7 Å². The van der Waals surface area contributed by atoms with Gasteiger partial charge in [-0.3, -0.25) is 14.5 Å². The van der Waals surface area contributed by atoms with Gasteiger partial charge in [-0.05, 0) is 39.6 Å². The van der Waals surface area contributed by atoms with E-state index in [0.717, 1.165) is 4.90 Å². The van der Waals surface area contributed by atoms with Gasteiger partial charge in [0, 0.05) is 12.6 Å². The number of hydrogen-bond donors (Lipinski definition) is 0. The number of imide groups is 1. The highest BCUT2D eigenvalue weighted by Crippen LogP contribution is 2.31. The Hall–Kier alpha value is -2.68. The van der Waals surface area contributed by atoms with Crippen LogP contribution in [0, 0.1) is 10.1 Å². The molecule has 0 bridgehead atoms. The summed E-state index contributed by atoms with van der Waals surface area (Å²) in [4.78, 5) is 42.4. The summed E-state index contributed by atoms with van der Waals surface area (Å²) in [5.74, 6) is -0.505. The predicted octanol–water partition coefficient (Wildman–Crippen LogP) is 1.21. The Morgan fingerprint density at radius 1 is 1.28 bits per heavy atom. The number of rotatable bonds is 9. The molecule has 25 heavy (non-hydrogen) atoms. The third-order valence-corrected chi connectivity index (χ3v) is 4.05. The molecule has 0 aliphatic carbocycles. The van der Waals surface area contributed by atoms with E-state index in [2.05, 4.69) is 4.84 Å². The van der Waals surface area contributed by atoms with Gasteiger partial charge in [-0.2, -0.15) is 0 Å². The lowest BCUT2D eigenvalue weighted by atomic mass is 10.1. The minimum Gasteiger partial charge on any atom is -0.491 e. The normalized spacial score (nSPS) is 14.6. The fourth-order valence-electron chi connectivity index (χ4n) is 2.35. The van der Waals surface area contributed by atoms with Crippen molar-refractivity contribution in [1.82, 2.24) is 9.80 Å². The summed E-state index contributed by atoms with van der Waals surface area (Å²) in [6, 6.07) is 5.04. The highest BCUT2D eigenvalue weighted by atomic mass is 16.9. The zero-order chi connectivity index (χ0) is 18.6.